The normalized spacial score (nSPS) is 12.2. The van der Waals surface area contributed by atoms with Crippen molar-refractivity contribution in [2.75, 3.05) is 34.2 Å². The first-order chi connectivity index (χ1) is 9.66. The van der Waals surface area contributed by atoms with Gasteiger partial charge in [0.1, 0.15) is 0 Å². The fourth-order valence-corrected chi connectivity index (χ4v) is 3.97. The smallest absolute Gasteiger partial charge is 0.242 e. The molecule has 1 rings (SSSR count). The van der Waals surface area contributed by atoms with Gasteiger partial charge in [-0.2, -0.15) is 4.31 Å². The molecule has 128 valence electrons. The van der Waals surface area contributed by atoms with Crippen molar-refractivity contribution in [3.8, 4) is 0 Å². The van der Waals surface area contributed by atoms with Crippen LogP contribution >= 0.6 is 12.4 Å². The summed E-state index contributed by atoms with van der Waals surface area (Å²) in [6.45, 7) is 2.42. The van der Waals surface area contributed by atoms with Crippen LogP contribution in [0.25, 0.3) is 0 Å². The van der Waals surface area contributed by atoms with Crippen molar-refractivity contribution in [2.45, 2.75) is 16.7 Å². The number of nitrogens with zero attached hydrogens (tertiary/aromatic N) is 1. The highest BCUT2D eigenvalue weighted by molar-refractivity contribution is 7.89. The van der Waals surface area contributed by atoms with E-state index in [9.17, 15) is 16.8 Å². The Hall–Kier alpha value is -0.710. The highest BCUT2D eigenvalue weighted by Gasteiger charge is 2.23. The van der Waals surface area contributed by atoms with E-state index in [0.717, 1.165) is 0 Å². The first-order valence-corrected chi connectivity index (χ1v) is 9.24. The van der Waals surface area contributed by atoms with Crippen LogP contribution in [0.5, 0.6) is 0 Å². The summed E-state index contributed by atoms with van der Waals surface area (Å²) in [5, 5.41) is 2.88. The van der Waals surface area contributed by atoms with E-state index in [1.165, 1.54) is 36.6 Å². The van der Waals surface area contributed by atoms with Crippen molar-refractivity contribution >= 4 is 32.5 Å². The molecule has 0 aromatic heterocycles. The molecule has 0 aliphatic heterocycles. The summed E-state index contributed by atoms with van der Waals surface area (Å²) in [5.74, 6) is 0. The Morgan fingerprint density at radius 2 is 1.73 bits per heavy atom. The van der Waals surface area contributed by atoms with E-state index in [0.29, 0.717) is 18.7 Å². The zero-order chi connectivity index (χ0) is 16.3. The van der Waals surface area contributed by atoms with Crippen LogP contribution in [0.1, 0.15) is 5.56 Å². The van der Waals surface area contributed by atoms with Crippen LogP contribution in [0.15, 0.2) is 28.0 Å². The minimum absolute atomic E-state index is 0. The Morgan fingerprint density at radius 3 is 2.18 bits per heavy atom. The topological polar surface area (TPSA) is 95.6 Å². The molecule has 0 saturated carbocycles. The fraction of sp³-hybridized carbons (Fsp3) is 0.500. The number of rotatable bonds is 7. The molecule has 0 radical (unpaired) electrons. The SMILES string of the molecule is CNCCN(C)S(=O)(=O)c1ccc(S(=O)(=O)NC)c(C)c1.Cl. The zero-order valence-electron chi connectivity index (χ0n) is 13.0. The Morgan fingerprint density at radius 1 is 1.14 bits per heavy atom. The van der Waals surface area contributed by atoms with Gasteiger partial charge in [0.05, 0.1) is 9.79 Å². The van der Waals surface area contributed by atoms with Crippen LogP contribution in [0, 0.1) is 6.92 Å². The maximum Gasteiger partial charge on any atom is 0.242 e. The quantitative estimate of drug-likeness (QED) is 0.712. The molecule has 0 bridgehead atoms. The summed E-state index contributed by atoms with van der Waals surface area (Å²) < 4.78 is 51.7. The van der Waals surface area contributed by atoms with Gasteiger partial charge in [-0.25, -0.2) is 21.6 Å². The molecule has 7 nitrogen and oxygen atoms in total. The van der Waals surface area contributed by atoms with E-state index >= 15 is 0 Å². The van der Waals surface area contributed by atoms with Crippen LogP contribution in [-0.2, 0) is 20.0 Å². The van der Waals surface area contributed by atoms with Gasteiger partial charge in [0.25, 0.3) is 0 Å². The maximum absolute atomic E-state index is 12.4. The maximum atomic E-state index is 12.4. The highest BCUT2D eigenvalue weighted by Crippen LogP contribution is 2.21. The van der Waals surface area contributed by atoms with Crippen LogP contribution < -0.4 is 10.0 Å². The van der Waals surface area contributed by atoms with Gasteiger partial charge < -0.3 is 5.32 Å². The molecular weight excluding hydrogens is 350 g/mol. The largest absolute Gasteiger partial charge is 0.318 e. The number of benzene rings is 1. The summed E-state index contributed by atoms with van der Waals surface area (Å²) in [5.41, 5.74) is 0.382. The molecule has 1 aromatic rings. The lowest BCUT2D eigenvalue weighted by Crippen LogP contribution is -2.33. The number of sulfonamides is 2. The van der Waals surface area contributed by atoms with Gasteiger partial charge in [-0.05, 0) is 44.8 Å². The molecule has 0 atom stereocenters. The average molecular weight is 372 g/mol. The van der Waals surface area contributed by atoms with Gasteiger partial charge >= 0.3 is 0 Å². The van der Waals surface area contributed by atoms with E-state index in [-0.39, 0.29) is 22.2 Å². The summed E-state index contributed by atoms with van der Waals surface area (Å²) in [6.07, 6.45) is 0. The van der Waals surface area contributed by atoms with E-state index in [4.69, 9.17) is 0 Å². The van der Waals surface area contributed by atoms with Crippen molar-refractivity contribution in [1.29, 1.82) is 0 Å². The molecule has 2 N–H and O–H groups in total. The number of hydrogen-bond acceptors (Lipinski definition) is 5. The second-order valence-electron chi connectivity index (χ2n) is 4.56. The number of aryl methyl sites for hydroxylation is 1. The third-order valence-corrected chi connectivity index (χ3v) is 6.52. The predicted octanol–water partition coefficient (Wildman–Crippen LogP) is 0.165. The first kappa shape index (κ1) is 21.3. The average Bonchev–Trinajstić information content (AvgIpc) is 2.44. The molecule has 0 unspecified atom stereocenters. The Labute approximate surface area is 138 Å². The second kappa shape index (κ2) is 8.23. The molecule has 0 fully saturated rings. The lowest BCUT2D eigenvalue weighted by atomic mass is 10.2. The molecule has 0 saturated heterocycles. The third-order valence-electron chi connectivity index (χ3n) is 3.09. The van der Waals surface area contributed by atoms with E-state index in [1.54, 1.807) is 14.0 Å². The molecule has 22 heavy (non-hydrogen) atoms. The summed E-state index contributed by atoms with van der Waals surface area (Å²) in [6, 6.07) is 3.98. The van der Waals surface area contributed by atoms with Crippen molar-refractivity contribution in [3.05, 3.63) is 23.8 Å². The molecule has 0 spiro atoms. The molecule has 0 amide bonds. The Bertz CT molecular complexity index is 705. The van der Waals surface area contributed by atoms with Gasteiger partial charge in [0.15, 0.2) is 0 Å². The fourth-order valence-electron chi connectivity index (χ4n) is 1.76. The lowest BCUT2D eigenvalue weighted by Gasteiger charge is -2.18. The van der Waals surface area contributed by atoms with Crippen LogP contribution in [0.4, 0.5) is 0 Å². The number of hydrogen-bond donors (Lipinski definition) is 2. The highest BCUT2D eigenvalue weighted by atomic mass is 35.5. The second-order valence-corrected chi connectivity index (χ2v) is 8.46. The van der Waals surface area contributed by atoms with Crippen LogP contribution in [0.2, 0.25) is 0 Å². The third kappa shape index (κ3) is 4.64. The van der Waals surface area contributed by atoms with E-state index < -0.39 is 20.0 Å². The summed E-state index contributed by atoms with van der Waals surface area (Å²) in [4.78, 5) is 0.149. The number of likely N-dealkylation sites (N-methyl/N-ethyl adjacent to an activating group) is 2. The van der Waals surface area contributed by atoms with Gasteiger partial charge in [0.2, 0.25) is 20.0 Å². The van der Waals surface area contributed by atoms with E-state index in [2.05, 4.69) is 10.0 Å². The standard InChI is InChI=1S/C12H21N3O4S2.ClH/c1-10-9-11(5-6-12(10)20(16,17)14-3)21(18,19)15(4)8-7-13-2;/h5-6,9,13-14H,7-8H2,1-4H3;1H. The predicted molar refractivity (Wildman–Crippen MR) is 88.4 cm³/mol. The van der Waals surface area contributed by atoms with Crippen molar-refractivity contribution < 1.29 is 16.8 Å². The molecule has 0 heterocycles. The zero-order valence-corrected chi connectivity index (χ0v) is 15.4. The van der Waals surface area contributed by atoms with Gasteiger partial charge in [-0.1, -0.05) is 0 Å². The van der Waals surface area contributed by atoms with Gasteiger partial charge in [0, 0.05) is 20.1 Å². The molecule has 1 aromatic carbocycles. The van der Waals surface area contributed by atoms with Crippen molar-refractivity contribution in [2.24, 2.45) is 0 Å². The van der Waals surface area contributed by atoms with E-state index in [1.807, 2.05) is 0 Å². The number of halogens is 1. The minimum atomic E-state index is -3.62. The van der Waals surface area contributed by atoms with Gasteiger partial charge in [-0.3, -0.25) is 0 Å². The van der Waals surface area contributed by atoms with Crippen LogP contribution in [-0.4, -0.2) is 55.4 Å². The first-order valence-electron chi connectivity index (χ1n) is 6.32. The summed E-state index contributed by atoms with van der Waals surface area (Å²) in [7, 11) is -2.68. The molecular formula is C12H22ClN3O4S2. The minimum Gasteiger partial charge on any atom is -0.318 e. The Kier molecular flexibility index (Phi) is 7.96. The van der Waals surface area contributed by atoms with Crippen LogP contribution in [0.3, 0.4) is 0 Å². The number of nitrogens with one attached hydrogen (secondary N) is 2. The summed E-state index contributed by atoms with van der Waals surface area (Å²) >= 11 is 0. The van der Waals surface area contributed by atoms with Crippen molar-refractivity contribution in [1.82, 2.24) is 14.3 Å². The Balaban J connectivity index is 0.00000441. The molecule has 10 heteroatoms. The molecule has 0 aliphatic carbocycles. The monoisotopic (exact) mass is 371 g/mol. The lowest BCUT2D eigenvalue weighted by molar-refractivity contribution is 0.466. The van der Waals surface area contributed by atoms with Crippen molar-refractivity contribution in [3.63, 3.8) is 0 Å². The van der Waals surface area contributed by atoms with Gasteiger partial charge in [-0.15, -0.1) is 12.4 Å². The molecule has 0 aliphatic rings.